The van der Waals surface area contributed by atoms with Gasteiger partial charge < -0.3 is 18.4 Å². The molecule has 90 valence electrons. The molecule has 0 aliphatic carbocycles. The van der Waals surface area contributed by atoms with Gasteiger partial charge in [0, 0.05) is 0 Å². The van der Waals surface area contributed by atoms with Crippen LogP contribution in [0, 0.1) is 0 Å². The van der Waals surface area contributed by atoms with E-state index in [-0.39, 0.29) is 6.61 Å². The molecule has 0 aromatic carbocycles. The van der Waals surface area contributed by atoms with Crippen LogP contribution in [0.5, 0.6) is 0 Å². The van der Waals surface area contributed by atoms with Crippen molar-refractivity contribution in [2.45, 2.75) is 13.8 Å². The van der Waals surface area contributed by atoms with Crippen molar-refractivity contribution < 1.29 is 23.0 Å². The molecule has 0 aromatic heterocycles. The van der Waals surface area contributed by atoms with Crippen LogP contribution in [-0.2, 0) is 13.6 Å². The molecule has 0 saturated heterocycles. The minimum atomic E-state index is -4.17. The van der Waals surface area contributed by atoms with Crippen molar-refractivity contribution in [2.75, 3.05) is 34.3 Å². The minimum Gasteiger partial charge on any atom is -0.746 e. The summed E-state index contributed by atoms with van der Waals surface area (Å²) < 4.78 is 21.0. The molecule has 0 bridgehead atoms. The molecular formula is C9H20NO4P. The van der Waals surface area contributed by atoms with E-state index < -0.39 is 7.82 Å². The van der Waals surface area contributed by atoms with Gasteiger partial charge in [0.25, 0.3) is 0 Å². The number of phosphoric ester groups is 1. The lowest BCUT2D eigenvalue weighted by molar-refractivity contribution is -0.870. The Balaban J connectivity index is 3.95. The number of quaternary nitrogens is 1. The summed E-state index contributed by atoms with van der Waals surface area (Å²) in [6, 6.07) is 0. The highest BCUT2D eigenvalue weighted by Gasteiger charge is 2.12. The van der Waals surface area contributed by atoms with Gasteiger partial charge in [0.05, 0.1) is 27.4 Å². The van der Waals surface area contributed by atoms with Crippen LogP contribution >= 0.6 is 7.82 Å². The number of rotatable bonds is 6. The van der Waals surface area contributed by atoms with Gasteiger partial charge in [-0.3, -0.25) is 4.57 Å². The first-order valence-electron chi connectivity index (χ1n) is 4.70. The number of phosphoric acid groups is 1. The van der Waals surface area contributed by atoms with Gasteiger partial charge in [-0.1, -0.05) is 0 Å². The van der Waals surface area contributed by atoms with E-state index in [4.69, 9.17) is 0 Å². The maximum atomic E-state index is 11.2. The monoisotopic (exact) mass is 237 g/mol. The zero-order valence-corrected chi connectivity index (χ0v) is 10.9. The Labute approximate surface area is 91.5 Å². The third-order valence-corrected chi connectivity index (χ3v) is 2.29. The van der Waals surface area contributed by atoms with Crippen molar-refractivity contribution in [1.29, 1.82) is 0 Å². The Morgan fingerprint density at radius 2 is 1.93 bits per heavy atom. The summed E-state index contributed by atoms with van der Waals surface area (Å²) in [6.45, 7) is 4.21. The maximum Gasteiger partial charge on any atom is 0.319 e. The van der Waals surface area contributed by atoms with Gasteiger partial charge in [-0.05, 0) is 19.4 Å². The van der Waals surface area contributed by atoms with E-state index in [0.717, 1.165) is 5.57 Å². The van der Waals surface area contributed by atoms with Crippen LogP contribution < -0.4 is 4.89 Å². The molecule has 0 heterocycles. The van der Waals surface area contributed by atoms with Gasteiger partial charge in [0.15, 0.2) is 0 Å². The lowest BCUT2D eigenvalue weighted by Crippen LogP contribution is -2.37. The molecule has 0 rings (SSSR count). The third kappa shape index (κ3) is 9.94. The Morgan fingerprint density at radius 1 is 1.40 bits per heavy atom. The molecule has 0 saturated carbocycles. The Hall–Kier alpha value is -0.350. The second-order valence-corrected chi connectivity index (χ2v) is 5.96. The topological polar surface area (TPSA) is 58.6 Å². The van der Waals surface area contributed by atoms with Crippen molar-refractivity contribution in [3.05, 3.63) is 11.8 Å². The smallest absolute Gasteiger partial charge is 0.319 e. The van der Waals surface area contributed by atoms with Crippen LogP contribution in [0.25, 0.3) is 0 Å². The molecule has 0 fully saturated rings. The van der Waals surface area contributed by atoms with Crippen molar-refractivity contribution in [2.24, 2.45) is 0 Å². The van der Waals surface area contributed by atoms with Gasteiger partial charge in [-0.15, -0.1) is 0 Å². The number of hydrogen-bond acceptors (Lipinski definition) is 4. The number of hydrogen-bond donors (Lipinski definition) is 0. The van der Waals surface area contributed by atoms with E-state index in [0.29, 0.717) is 11.0 Å². The number of nitrogens with zero attached hydrogens (tertiary/aromatic N) is 1. The largest absolute Gasteiger partial charge is 0.746 e. The summed E-state index contributed by atoms with van der Waals surface area (Å²) >= 11 is 0. The molecular weight excluding hydrogens is 217 g/mol. The number of likely N-dealkylation sites (N-methyl/N-ethyl adjacent to an activating group) is 1. The second kappa shape index (κ2) is 5.66. The SMILES string of the molecule is CC(C)=COP(=O)([O-])OCC[N+](C)(C)C. The molecule has 6 heteroatoms. The molecule has 0 radical (unpaired) electrons. The fourth-order valence-corrected chi connectivity index (χ4v) is 1.33. The zero-order chi connectivity index (χ0) is 12.1. The molecule has 5 nitrogen and oxygen atoms in total. The Morgan fingerprint density at radius 3 is 2.33 bits per heavy atom. The van der Waals surface area contributed by atoms with E-state index in [1.165, 1.54) is 6.26 Å². The van der Waals surface area contributed by atoms with Gasteiger partial charge in [0.2, 0.25) is 0 Å². The van der Waals surface area contributed by atoms with Crippen LogP contribution in [-0.4, -0.2) is 38.8 Å². The van der Waals surface area contributed by atoms with Gasteiger partial charge in [0.1, 0.15) is 13.2 Å². The lowest BCUT2D eigenvalue weighted by atomic mass is 10.4. The summed E-state index contributed by atoms with van der Waals surface area (Å²) in [5.74, 6) is 0. The molecule has 0 aliphatic heterocycles. The van der Waals surface area contributed by atoms with Crippen molar-refractivity contribution in [3.63, 3.8) is 0 Å². The van der Waals surface area contributed by atoms with Crippen LogP contribution in [0.4, 0.5) is 0 Å². The van der Waals surface area contributed by atoms with Gasteiger partial charge in [-0.25, -0.2) is 0 Å². The second-order valence-electron chi connectivity index (χ2n) is 4.59. The molecule has 1 unspecified atom stereocenters. The zero-order valence-electron chi connectivity index (χ0n) is 10.0. The molecule has 1 atom stereocenters. The van der Waals surface area contributed by atoms with Crippen LogP contribution in [0.15, 0.2) is 11.8 Å². The van der Waals surface area contributed by atoms with Crippen LogP contribution in [0.3, 0.4) is 0 Å². The summed E-state index contributed by atoms with van der Waals surface area (Å²) in [7, 11) is 1.69. The standard InChI is InChI=1S/C9H20NO4P/c1-9(2)8-14-15(11,12)13-7-6-10(3,4)5/h8H,6-7H2,1-5H3. The summed E-state index contributed by atoms with van der Waals surface area (Å²) in [5, 5.41) is 0. The summed E-state index contributed by atoms with van der Waals surface area (Å²) in [6.07, 6.45) is 1.17. The van der Waals surface area contributed by atoms with Crippen LogP contribution in [0.2, 0.25) is 0 Å². The fraction of sp³-hybridized carbons (Fsp3) is 0.778. The van der Waals surface area contributed by atoms with E-state index in [9.17, 15) is 9.46 Å². The summed E-state index contributed by atoms with van der Waals surface area (Å²) in [4.78, 5) is 11.2. The molecule has 0 aliphatic rings. The third-order valence-electron chi connectivity index (χ3n) is 1.43. The lowest BCUT2D eigenvalue weighted by Gasteiger charge is -2.26. The minimum absolute atomic E-state index is 0.126. The van der Waals surface area contributed by atoms with Crippen molar-refractivity contribution in [3.8, 4) is 0 Å². The quantitative estimate of drug-likeness (QED) is 0.394. The van der Waals surface area contributed by atoms with E-state index in [2.05, 4.69) is 9.05 Å². The highest BCUT2D eigenvalue weighted by atomic mass is 31.2. The molecule has 0 N–H and O–H groups in total. The average molecular weight is 237 g/mol. The molecule has 0 spiro atoms. The summed E-state index contributed by atoms with van der Waals surface area (Å²) in [5.41, 5.74) is 0.765. The van der Waals surface area contributed by atoms with Crippen LogP contribution in [0.1, 0.15) is 13.8 Å². The molecule has 0 amide bonds. The fourth-order valence-electron chi connectivity index (χ4n) is 0.627. The van der Waals surface area contributed by atoms with Gasteiger partial charge >= 0.3 is 7.82 Å². The van der Waals surface area contributed by atoms with Crippen molar-refractivity contribution >= 4 is 7.82 Å². The molecule has 15 heavy (non-hydrogen) atoms. The Bertz CT molecular complexity index is 266. The predicted molar refractivity (Wildman–Crippen MR) is 57.0 cm³/mol. The number of allylic oxidation sites excluding steroid dienone is 1. The van der Waals surface area contributed by atoms with Crippen molar-refractivity contribution in [1.82, 2.24) is 0 Å². The highest BCUT2D eigenvalue weighted by molar-refractivity contribution is 7.45. The first-order chi connectivity index (χ1) is 6.62. The average Bonchev–Trinajstić information content (AvgIpc) is 1.98. The Kier molecular flexibility index (Phi) is 5.53. The van der Waals surface area contributed by atoms with E-state index in [1.54, 1.807) is 13.8 Å². The normalized spacial score (nSPS) is 15.6. The van der Waals surface area contributed by atoms with E-state index >= 15 is 0 Å². The predicted octanol–water partition coefficient (Wildman–Crippen LogP) is 1.12. The maximum absolute atomic E-state index is 11.2. The molecule has 0 aromatic rings. The van der Waals surface area contributed by atoms with E-state index in [1.807, 2.05) is 21.1 Å². The first kappa shape index (κ1) is 14.6. The van der Waals surface area contributed by atoms with Gasteiger partial charge in [-0.2, -0.15) is 0 Å². The first-order valence-corrected chi connectivity index (χ1v) is 6.16. The highest BCUT2D eigenvalue weighted by Crippen LogP contribution is 2.38.